The first-order chi connectivity index (χ1) is 14.3. The van der Waals surface area contributed by atoms with E-state index in [-0.39, 0.29) is 12.0 Å². The fourth-order valence-corrected chi connectivity index (χ4v) is 4.03. The number of piperidine rings is 1. The van der Waals surface area contributed by atoms with Crippen LogP contribution in [-0.2, 0) is 11.2 Å². The quantitative estimate of drug-likeness (QED) is 0.754. The highest BCUT2D eigenvalue weighted by atomic mass is 16.5. The van der Waals surface area contributed by atoms with Crippen molar-refractivity contribution in [3.8, 4) is 5.75 Å². The van der Waals surface area contributed by atoms with Crippen LogP contribution in [0.1, 0.15) is 28.8 Å². The topological polar surface area (TPSA) is 42.0 Å². The lowest BCUT2D eigenvalue weighted by Gasteiger charge is -2.32. The molecule has 5 nitrogen and oxygen atoms in total. The summed E-state index contributed by atoms with van der Waals surface area (Å²) in [7, 11) is 0. The molecule has 2 aromatic rings. The zero-order valence-electron chi connectivity index (χ0n) is 17.0. The molecule has 0 N–H and O–H groups in total. The molecule has 154 valence electrons. The predicted molar refractivity (Wildman–Crippen MR) is 113 cm³/mol. The van der Waals surface area contributed by atoms with Gasteiger partial charge < -0.3 is 19.3 Å². The maximum atomic E-state index is 12.7. The number of amides is 1. The highest BCUT2D eigenvalue weighted by molar-refractivity contribution is 5.94. The summed E-state index contributed by atoms with van der Waals surface area (Å²) in [6, 6.07) is 18.3. The predicted octanol–water partition coefficient (Wildman–Crippen LogP) is 3.24. The van der Waals surface area contributed by atoms with Gasteiger partial charge in [-0.05, 0) is 43.0 Å². The molecule has 0 saturated carbocycles. The molecule has 0 bridgehead atoms. The fourth-order valence-electron chi connectivity index (χ4n) is 4.03. The number of morpholine rings is 1. The summed E-state index contributed by atoms with van der Waals surface area (Å²) in [4.78, 5) is 17.1. The standard InChI is InChI=1S/C24H30N2O3/c27-24(26-15-17-28-18-16-26)21-7-4-8-23(19-21)29-22-10-13-25(14-11-22)12-9-20-5-2-1-3-6-20/h1-8,19,22H,9-18H2. The van der Waals surface area contributed by atoms with E-state index in [1.165, 1.54) is 5.56 Å². The zero-order valence-corrected chi connectivity index (χ0v) is 17.0. The van der Waals surface area contributed by atoms with Crippen molar-refractivity contribution in [1.29, 1.82) is 0 Å². The van der Waals surface area contributed by atoms with Crippen LogP contribution in [0, 0.1) is 0 Å². The molecule has 2 fully saturated rings. The molecule has 0 aromatic heterocycles. The van der Waals surface area contributed by atoms with Crippen molar-refractivity contribution in [2.45, 2.75) is 25.4 Å². The first kappa shape index (κ1) is 19.9. The van der Waals surface area contributed by atoms with Crippen LogP contribution in [0.3, 0.4) is 0 Å². The molecule has 0 unspecified atom stereocenters. The minimum atomic E-state index is 0.0643. The van der Waals surface area contributed by atoms with Crippen molar-refractivity contribution in [2.75, 3.05) is 45.9 Å². The zero-order chi connectivity index (χ0) is 19.9. The monoisotopic (exact) mass is 394 g/mol. The highest BCUT2D eigenvalue weighted by Gasteiger charge is 2.22. The van der Waals surface area contributed by atoms with Gasteiger partial charge in [0.2, 0.25) is 0 Å². The van der Waals surface area contributed by atoms with Crippen molar-refractivity contribution in [1.82, 2.24) is 9.80 Å². The number of carbonyl (C=O) groups excluding carboxylic acids is 1. The van der Waals surface area contributed by atoms with Crippen molar-refractivity contribution in [3.63, 3.8) is 0 Å². The SMILES string of the molecule is O=C(c1cccc(OC2CCN(CCc3ccccc3)CC2)c1)N1CCOCC1. The Kier molecular flexibility index (Phi) is 6.80. The molecule has 5 heteroatoms. The third-order valence-electron chi connectivity index (χ3n) is 5.78. The maximum absolute atomic E-state index is 12.7. The second kappa shape index (κ2) is 9.90. The average Bonchev–Trinajstić information content (AvgIpc) is 2.79. The molecular weight excluding hydrogens is 364 g/mol. The first-order valence-electron chi connectivity index (χ1n) is 10.7. The Bertz CT molecular complexity index is 782. The molecule has 0 spiro atoms. The van der Waals surface area contributed by atoms with Crippen molar-refractivity contribution in [3.05, 3.63) is 65.7 Å². The van der Waals surface area contributed by atoms with Crippen LogP contribution in [0.2, 0.25) is 0 Å². The van der Waals surface area contributed by atoms with E-state index in [1.54, 1.807) is 0 Å². The molecule has 2 heterocycles. The van der Waals surface area contributed by atoms with Gasteiger partial charge in [-0.25, -0.2) is 0 Å². The van der Waals surface area contributed by atoms with Crippen LogP contribution >= 0.6 is 0 Å². The Morgan fingerprint density at radius 2 is 1.72 bits per heavy atom. The molecule has 29 heavy (non-hydrogen) atoms. The maximum Gasteiger partial charge on any atom is 0.254 e. The molecule has 2 aromatic carbocycles. The summed E-state index contributed by atoms with van der Waals surface area (Å²) in [5.41, 5.74) is 2.09. The average molecular weight is 395 g/mol. The van der Waals surface area contributed by atoms with Crippen LogP contribution in [0.5, 0.6) is 5.75 Å². The van der Waals surface area contributed by atoms with E-state index < -0.39 is 0 Å². The minimum Gasteiger partial charge on any atom is -0.490 e. The van der Waals surface area contributed by atoms with Crippen LogP contribution in [0.25, 0.3) is 0 Å². The number of carbonyl (C=O) groups is 1. The first-order valence-corrected chi connectivity index (χ1v) is 10.7. The van der Waals surface area contributed by atoms with Gasteiger partial charge in [0.15, 0.2) is 0 Å². The summed E-state index contributed by atoms with van der Waals surface area (Å²) in [6.45, 7) is 5.76. The van der Waals surface area contributed by atoms with Crippen LogP contribution < -0.4 is 4.74 Å². The third kappa shape index (κ3) is 5.58. The van der Waals surface area contributed by atoms with Gasteiger partial charge in [-0.1, -0.05) is 36.4 Å². The van der Waals surface area contributed by atoms with Gasteiger partial charge >= 0.3 is 0 Å². The lowest BCUT2D eigenvalue weighted by atomic mass is 10.1. The van der Waals surface area contributed by atoms with Crippen LogP contribution in [-0.4, -0.2) is 67.7 Å². The number of likely N-dealkylation sites (tertiary alicyclic amines) is 1. The summed E-state index contributed by atoms with van der Waals surface area (Å²) in [5.74, 6) is 0.862. The van der Waals surface area contributed by atoms with Crippen molar-refractivity contribution >= 4 is 5.91 Å². The summed E-state index contributed by atoms with van der Waals surface area (Å²) in [5, 5.41) is 0. The number of benzene rings is 2. The second-order valence-electron chi connectivity index (χ2n) is 7.83. The number of hydrogen-bond acceptors (Lipinski definition) is 4. The second-order valence-corrected chi connectivity index (χ2v) is 7.83. The van der Waals surface area contributed by atoms with Gasteiger partial charge in [0.25, 0.3) is 5.91 Å². The Morgan fingerprint density at radius 3 is 2.48 bits per heavy atom. The van der Waals surface area contributed by atoms with Gasteiger partial charge in [-0.15, -0.1) is 0 Å². The van der Waals surface area contributed by atoms with E-state index in [4.69, 9.17) is 9.47 Å². The van der Waals surface area contributed by atoms with Crippen molar-refractivity contribution in [2.24, 2.45) is 0 Å². The number of rotatable bonds is 6. The van der Waals surface area contributed by atoms with Crippen molar-refractivity contribution < 1.29 is 14.3 Å². The molecule has 0 radical (unpaired) electrons. The molecule has 0 atom stereocenters. The molecule has 0 aliphatic carbocycles. The van der Waals surface area contributed by atoms with Crippen LogP contribution in [0.4, 0.5) is 0 Å². The Labute approximate surface area is 173 Å². The smallest absolute Gasteiger partial charge is 0.254 e. The lowest BCUT2D eigenvalue weighted by Crippen LogP contribution is -2.40. The minimum absolute atomic E-state index is 0.0643. The third-order valence-corrected chi connectivity index (χ3v) is 5.78. The molecule has 1 amide bonds. The number of ether oxygens (including phenoxy) is 2. The van der Waals surface area contributed by atoms with Gasteiger partial charge in [0.1, 0.15) is 11.9 Å². The van der Waals surface area contributed by atoms with E-state index in [1.807, 2.05) is 29.2 Å². The van der Waals surface area contributed by atoms with Gasteiger partial charge in [0.05, 0.1) is 13.2 Å². The molecule has 4 rings (SSSR count). The Hall–Kier alpha value is -2.37. The summed E-state index contributed by atoms with van der Waals surface area (Å²) < 4.78 is 11.6. The lowest BCUT2D eigenvalue weighted by molar-refractivity contribution is 0.0302. The largest absolute Gasteiger partial charge is 0.490 e. The normalized spacial score (nSPS) is 18.6. The van der Waals surface area contributed by atoms with Gasteiger partial charge in [-0.3, -0.25) is 4.79 Å². The Morgan fingerprint density at radius 1 is 0.966 bits per heavy atom. The summed E-state index contributed by atoms with van der Waals surface area (Å²) >= 11 is 0. The highest BCUT2D eigenvalue weighted by Crippen LogP contribution is 2.21. The molecule has 2 saturated heterocycles. The number of nitrogens with zero attached hydrogens (tertiary/aromatic N) is 2. The van der Waals surface area contributed by atoms with Crippen LogP contribution in [0.15, 0.2) is 54.6 Å². The molecule has 2 aliphatic rings. The van der Waals surface area contributed by atoms with Gasteiger partial charge in [0, 0.05) is 38.3 Å². The number of hydrogen-bond donors (Lipinski definition) is 0. The fraction of sp³-hybridized carbons (Fsp3) is 0.458. The van der Waals surface area contributed by atoms with Gasteiger partial charge in [-0.2, -0.15) is 0 Å². The molecular formula is C24H30N2O3. The van der Waals surface area contributed by atoms with E-state index in [2.05, 4.69) is 35.2 Å². The Balaban J connectivity index is 1.25. The van der Waals surface area contributed by atoms with E-state index in [0.717, 1.165) is 44.6 Å². The van der Waals surface area contributed by atoms with E-state index in [9.17, 15) is 4.79 Å². The summed E-state index contributed by atoms with van der Waals surface area (Å²) in [6.07, 6.45) is 3.36. The van der Waals surface area contributed by atoms with E-state index in [0.29, 0.717) is 31.9 Å². The molecule has 2 aliphatic heterocycles. The van der Waals surface area contributed by atoms with E-state index >= 15 is 0 Å².